The Kier molecular flexibility index (Phi) is 7.57. The van der Waals surface area contributed by atoms with Crippen molar-refractivity contribution in [1.29, 1.82) is 0 Å². The summed E-state index contributed by atoms with van der Waals surface area (Å²) in [6.45, 7) is 3.45. The van der Waals surface area contributed by atoms with E-state index in [1.54, 1.807) is 10.9 Å². The summed E-state index contributed by atoms with van der Waals surface area (Å²) in [6.07, 6.45) is 3.69. The summed E-state index contributed by atoms with van der Waals surface area (Å²) < 4.78 is 28.8. The van der Waals surface area contributed by atoms with Gasteiger partial charge < -0.3 is 10.2 Å². The molecule has 0 aliphatic carbocycles. The van der Waals surface area contributed by atoms with Crippen LogP contribution in [-0.2, 0) is 23.1 Å². The molecule has 2 aromatic rings. The van der Waals surface area contributed by atoms with Gasteiger partial charge in [0.1, 0.15) is 4.90 Å². The van der Waals surface area contributed by atoms with Crippen molar-refractivity contribution in [3.05, 3.63) is 48.3 Å². The fraction of sp³-hybridized carbons (Fsp3) is 0.471. The maximum Gasteiger partial charge on any atom is 0.243 e. The Hall–Kier alpha value is -1.74. The summed E-state index contributed by atoms with van der Waals surface area (Å²) in [5.74, 6) is 0. The first-order chi connectivity index (χ1) is 12.0. The van der Waals surface area contributed by atoms with Gasteiger partial charge in [0, 0.05) is 25.8 Å². The number of rotatable bonds is 11. The molecule has 1 heterocycles. The van der Waals surface area contributed by atoms with Crippen LogP contribution >= 0.6 is 0 Å². The molecule has 2 rings (SSSR count). The topological polar surface area (TPSA) is 79.3 Å². The maximum absolute atomic E-state index is 12.3. The van der Waals surface area contributed by atoms with E-state index in [-0.39, 0.29) is 4.90 Å². The molecule has 0 amide bonds. The number of benzene rings is 1. The van der Waals surface area contributed by atoms with Gasteiger partial charge in [-0.2, -0.15) is 5.10 Å². The van der Waals surface area contributed by atoms with E-state index >= 15 is 0 Å². The van der Waals surface area contributed by atoms with Gasteiger partial charge in [0.05, 0.1) is 12.7 Å². The number of hydrogen-bond acceptors (Lipinski definition) is 5. The first-order valence-electron chi connectivity index (χ1n) is 8.40. The second-order valence-corrected chi connectivity index (χ2v) is 7.78. The van der Waals surface area contributed by atoms with Crippen molar-refractivity contribution < 1.29 is 8.42 Å². The van der Waals surface area contributed by atoms with Crippen molar-refractivity contribution in [3.8, 4) is 0 Å². The Morgan fingerprint density at radius 3 is 2.68 bits per heavy atom. The lowest BCUT2D eigenvalue weighted by Gasteiger charge is -2.16. The lowest BCUT2D eigenvalue weighted by Crippen LogP contribution is -2.28. The lowest BCUT2D eigenvalue weighted by atomic mass is 10.2. The van der Waals surface area contributed by atoms with Crippen LogP contribution in [0.2, 0.25) is 0 Å². The zero-order valence-electron chi connectivity index (χ0n) is 14.9. The fourth-order valence-electron chi connectivity index (χ4n) is 2.45. The van der Waals surface area contributed by atoms with Gasteiger partial charge >= 0.3 is 0 Å². The zero-order valence-corrected chi connectivity index (χ0v) is 15.7. The van der Waals surface area contributed by atoms with Crippen molar-refractivity contribution in [2.75, 3.05) is 33.7 Å². The Morgan fingerprint density at radius 1 is 1.20 bits per heavy atom. The summed E-state index contributed by atoms with van der Waals surface area (Å²) in [5, 5.41) is 7.08. The van der Waals surface area contributed by atoms with E-state index in [1.165, 1.54) is 11.8 Å². The molecule has 0 aliphatic rings. The highest BCUT2D eigenvalue weighted by Crippen LogP contribution is 2.07. The van der Waals surface area contributed by atoms with Crippen LogP contribution in [0.3, 0.4) is 0 Å². The zero-order chi connectivity index (χ0) is 18.1. The molecule has 25 heavy (non-hydrogen) atoms. The largest absolute Gasteiger partial charge is 0.318 e. The Morgan fingerprint density at radius 2 is 1.96 bits per heavy atom. The van der Waals surface area contributed by atoms with E-state index in [0.29, 0.717) is 13.1 Å². The number of hydrogen-bond donors (Lipinski definition) is 2. The van der Waals surface area contributed by atoms with E-state index in [0.717, 1.165) is 26.1 Å². The van der Waals surface area contributed by atoms with Gasteiger partial charge in [0.25, 0.3) is 0 Å². The van der Waals surface area contributed by atoms with E-state index in [2.05, 4.69) is 32.2 Å². The molecule has 7 nitrogen and oxygen atoms in total. The predicted molar refractivity (Wildman–Crippen MR) is 98.7 cm³/mol. The third kappa shape index (κ3) is 6.58. The highest BCUT2D eigenvalue weighted by molar-refractivity contribution is 7.89. The smallest absolute Gasteiger partial charge is 0.243 e. The Labute approximate surface area is 150 Å². The van der Waals surface area contributed by atoms with Gasteiger partial charge in [0.2, 0.25) is 10.0 Å². The number of likely N-dealkylation sites (N-methyl/N-ethyl adjacent to an activating group) is 1. The minimum Gasteiger partial charge on any atom is -0.318 e. The van der Waals surface area contributed by atoms with Crippen LogP contribution < -0.4 is 10.0 Å². The van der Waals surface area contributed by atoms with Gasteiger partial charge in [-0.15, -0.1) is 0 Å². The van der Waals surface area contributed by atoms with Gasteiger partial charge in [-0.25, -0.2) is 13.1 Å². The lowest BCUT2D eigenvalue weighted by molar-refractivity contribution is 0.322. The molecular weight excluding hydrogens is 338 g/mol. The molecule has 1 aromatic carbocycles. The van der Waals surface area contributed by atoms with E-state index in [1.807, 2.05) is 32.3 Å². The van der Waals surface area contributed by atoms with Crippen molar-refractivity contribution in [1.82, 2.24) is 24.7 Å². The molecule has 0 aliphatic heterocycles. The summed E-state index contributed by atoms with van der Waals surface area (Å²) in [7, 11) is 0.386. The van der Waals surface area contributed by atoms with Crippen molar-refractivity contribution in [2.24, 2.45) is 0 Å². The van der Waals surface area contributed by atoms with Crippen molar-refractivity contribution >= 4 is 10.0 Å². The van der Waals surface area contributed by atoms with E-state index in [9.17, 15) is 8.42 Å². The van der Waals surface area contributed by atoms with Gasteiger partial charge in [0.15, 0.2) is 0 Å². The SMILES string of the molecule is CNCCn1cc(S(=O)(=O)NCCCN(C)Cc2ccccc2)cn1. The van der Waals surface area contributed by atoms with Gasteiger partial charge in [-0.3, -0.25) is 4.68 Å². The van der Waals surface area contributed by atoms with E-state index in [4.69, 9.17) is 0 Å². The van der Waals surface area contributed by atoms with Crippen molar-refractivity contribution in [2.45, 2.75) is 24.4 Å². The quantitative estimate of drug-likeness (QED) is 0.579. The average Bonchev–Trinajstić information content (AvgIpc) is 3.08. The fourth-order valence-corrected chi connectivity index (χ4v) is 3.47. The molecule has 0 atom stereocenters. The van der Waals surface area contributed by atoms with E-state index < -0.39 is 10.0 Å². The molecule has 1 aromatic heterocycles. The first kappa shape index (κ1) is 19.6. The molecule has 2 N–H and O–H groups in total. The Balaban J connectivity index is 1.73. The second kappa shape index (κ2) is 9.67. The molecule has 138 valence electrons. The molecule has 0 radical (unpaired) electrons. The van der Waals surface area contributed by atoms with Crippen LogP contribution in [0.4, 0.5) is 0 Å². The van der Waals surface area contributed by atoms with Crippen LogP contribution in [0.25, 0.3) is 0 Å². The molecule has 0 saturated heterocycles. The first-order valence-corrected chi connectivity index (χ1v) is 9.89. The molecule has 0 unspecified atom stereocenters. The summed E-state index contributed by atoms with van der Waals surface area (Å²) in [5.41, 5.74) is 1.25. The second-order valence-electron chi connectivity index (χ2n) is 6.02. The highest BCUT2D eigenvalue weighted by Gasteiger charge is 2.15. The third-order valence-electron chi connectivity index (χ3n) is 3.81. The average molecular weight is 366 g/mol. The maximum atomic E-state index is 12.3. The standard InChI is InChI=1S/C17H27N5O2S/c1-18-10-12-22-15-17(13-19-22)25(23,24)20-9-6-11-21(2)14-16-7-4-3-5-8-16/h3-5,7-8,13,15,18,20H,6,9-12,14H2,1-2H3. The predicted octanol–water partition coefficient (Wildman–Crippen LogP) is 0.903. The molecule has 8 heteroatoms. The molecular formula is C17H27N5O2S. The normalized spacial score (nSPS) is 12.0. The third-order valence-corrected chi connectivity index (χ3v) is 5.23. The molecule has 0 spiro atoms. The van der Waals surface area contributed by atoms with Crippen LogP contribution in [-0.4, -0.2) is 56.8 Å². The molecule has 0 fully saturated rings. The van der Waals surface area contributed by atoms with Crippen LogP contribution in [0.15, 0.2) is 47.6 Å². The number of nitrogens with one attached hydrogen (secondary N) is 2. The molecule has 0 bridgehead atoms. The van der Waals surface area contributed by atoms with Gasteiger partial charge in [-0.1, -0.05) is 30.3 Å². The van der Waals surface area contributed by atoms with Crippen LogP contribution in [0.5, 0.6) is 0 Å². The number of sulfonamides is 1. The summed E-state index contributed by atoms with van der Waals surface area (Å²) in [6, 6.07) is 10.2. The number of nitrogens with zero attached hydrogens (tertiary/aromatic N) is 3. The molecule has 0 saturated carbocycles. The van der Waals surface area contributed by atoms with Crippen molar-refractivity contribution in [3.63, 3.8) is 0 Å². The Bertz CT molecular complexity index is 731. The summed E-state index contributed by atoms with van der Waals surface area (Å²) in [4.78, 5) is 2.39. The number of aromatic nitrogens is 2. The van der Waals surface area contributed by atoms with Gasteiger partial charge in [-0.05, 0) is 32.6 Å². The van der Waals surface area contributed by atoms with Crippen LogP contribution in [0.1, 0.15) is 12.0 Å². The monoisotopic (exact) mass is 365 g/mol. The van der Waals surface area contributed by atoms with Crippen LogP contribution in [0, 0.1) is 0 Å². The minimum absolute atomic E-state index is 0.209. The summed E-state index contributed by atoms with van der Waals surface area (Å²) >= 11 is 0. The minimum atomic E-state index is -3.49. The highest BCUT2D eigenvalue weighted by atomic mass is 32.2.